The molecule has 2 aromatic heterocycles. The summed E-state index contributed by atoms with van der Waals surface area (Å²) in [5.74, 6) is 0.281. The van der Waals surface area contributed by atoms with Crippen molar-refractivity contribution in [1.82, 2.24) is 14.8 Å². The second kappa shape index (κ2) is 11.5. The third kappa shape index (κ3) is 6.89. The van der Waals surface area contributed by atoms with Crippen LogP contribution in [0.25, 0.3) is 0 Å². The van der Waals surface area contributed by atoms with Crippen molar-refractivity contribution in [1.29, 1.82) is 0 Å². The maximum absolute atomic E-state index is 13.8. The van der Waals surface area contributed by atoms with Crippen LogP contribution in [0.4, 0.5) is 13.2 Å². The number of halogens is 3. The monoisotopic (exact) mass is 541 g/mol. The van der Waals surface area contributed by atoms with Crippen LogP contribution in [0.3, 0.4) is 0 Å². The van der Waals surface area contributed by atoms with Gasteiger partial charge in [-0.05, 0) is 88.5 Å². The molecule has 1 unspecified atom stereocenters. The second-order valence-corrected chi connectivity index (χ2v) is 11.4. The van der Waals surface area contributed by atoms with E-state index in [-0.39, 0.29) is 23.7 Å². The van der Waals surface area contributed by atoms with E-state index in [0.717, 1.165) is 29.8 Å². The second-order valence-electron chi connectivity index (χ2n) is 11.4. The molecule has 5 nitrogen and oxygen atoms in total. The van der Waals surface area contributed by atoms with E-state index in [4.69, 9.17) is 9.72 Å². The predicted molar refractivity (Wildman–Crippen MR) is 145 cm³/mol. The number of rotatable bonds is 10. The summed E-state index contributed by atoms with van der Waals surface area (Å²) in [5.41, 5.74) is 3.92. The van der Waals surface area contributed by atoms with Gasteiger partial charge < -0.3 is 9.53 Å². The number of ketones is 1. The normalized spacial score (nSPS) is 14.7. The fourth-order valence-corrected chi connectivity index (χ4v) is 5.25. The zero-order chi connectivity index (χ0) is 28.4. The number of benzene rings is 1. The molecule has 8 heteroatoms. The molecule has 0 aliphatic heterocycles. The summed E-state index contributed by atoms with van der Waals surface area (Å²) in [5, 5.41) is 4.58. The van der Waals surface area contributed by atoms with Crippen LogP contribution in [-0.4, -0.2) is 33.3 Å². The molecule has 0 radical (unpaired) electrons. The number of carbonyl (C=O) groups excluding carboxylic acids is 1. The SMILES string of the molecule is CC(=O)CC(Cc1cc(OCCc2ccc3c(n2)CCCC3)n(C)n1)c1cc(C)cc(C(C)(C)C(F)(F)F)c1. The molecule has 0 fully saturated rings. The van der Waals surface area contributed by atoms with Crippen molar-refractivity contribution in [2.45, 2.75) is 90.1 Å². The maximum atomic E-state index is 13.8. The Morgan fingerprint density at radius 1 is 1.08 bits per heavy atom. The first-order valence-corrected chi connectivity index (χ1v) is 13.6. The van der Waals surface area contributed by atoms with E-state index in [2.05, 4.69) is 17.2 Å². The number of ether oxygens (including phenoxy) is 1. The number of Topliss-reactive ketones (excluding diaryl/α,β-unsaturated/α-hetero) is 1. The van der Waals surface area contributed by atoms with E-state index in [1.54, 1.807) is 30.8 Å². The van der Waals surface area contributed by atoms with Crippen molar-refractivity contribution >= 4 is 5.78 Å². The number of hydrogen-bond donors (Lipinski definition) is 0. The van der Waals surface area contributed by atoms with Gasteiger partial charge in [-0.3, -0.25) is 4.98 Å². The molecule has 0 saturated carbocycles. The lowest BCUT2D eigenvalue weighted by molar-refractivity contribution is -0.180. The topological polar surface area (TPSA) is 57.0 Å². The van der Waals surface area contributed by atoms with E-state index in [1.165, 1.54) is 44.9 Å². The minimum Gasteiger partial charge on any atom is -0.477 e. The largest absolute Gasteiger partial charge is 0.477 e. The Labute approximate surface area is 228 Å². The molecule has 0 N–H and O–H groups in total. The molecule has 1 aliphatic carbocycles. The van der Waals surface area contributed by atoms with Gasteiger partial charge in [0, 0.05) is 37.3 Å². The Hall–Kier alpha value is -3.16. The number of carbonyl (C=O) groups is 1. The number of alkyl halides is 3. The highest BCUT2D eigenvalue weighted by Gasteiger charge is 2.48. The third-order valence-corrected chi connectivity index (χ3v) is 7.72. The minimum absolute atomic E-state index is 0.0249. The molecule has 4 rings (SSSR count). The fourth-order valence-electron chi connectivity index (χ4n) is 5.25. The van der Waals surface area contributed by atoms with Gasteiger partial charge in [0.15, 0.2) is 0 Å². The van der Waals surface area contributed by atoms with E-state index in [0.29, 0.717) is 30.9 Å². The number of aryl methyl sites for hydroxylation is 4. The van der Waals surface area contributed by atoms with Gasteiger partial charge in [0.05, 0.1) is 17.7 Å². The van der Waals surface area contributed by atoms with Crippen LogP contribution < -0.4 is 4.74 Å². The fraction of sp³-hybridized carbons (Fsp3) is 0.516. The van der Waals surface area contributed by atoms with Gasteiger partial charge in [0.25, 0.3) is 0 Å². The number of hydrogen-bond acceptors (Lipinski definition) is 4. The van der Waals surface area contributed by atoms with Crippen LogP contribution in [0.2, 0.25) is 0 Å². The van der Waals surface area contributed by atoms with Gasteiger partial charge in [-0.1, -0.05) is 29.8 Å². The van der Waals surface area contributed by atoms with Gasteiger partial charge in [-0.15, -0.1) is 0 Å². The van der Waals surface area contributed by atoms with Crippen LogP contribution in [0, 0.1) is 6.92 Å². The number of pyridine rings is 1. The zero-order valence-electron chi connectivity index (χ0n) is 23.5. The average molecular weight is 542 g/mol. The van der Waals surface area contributed by atoms with E-state index < -0.39 is 11.6 Å². The number of nitrogens with zero attached hydrogens (tertiary/aromatic N) is 3. The Morgan fingerprint density at radius 2 is 1.82 bits per heavy atom. The summed E-state index contributed by atoms with van der Waals surface area (Å²) in [7, 11) is 1.80. The molecule has 1 atom stereocenters. The molecule has 210 valence electrons. The summed E-state index contributed by atoms with van der Waals surface area (Å²) in [6.45, 7) is 6.12. The molecule has 0 spiro atoms. The van der Waals surface area contributed by atoms with Crippen LogP contribution in [0.1, 0.15) is 85.3 Å². The summed E-state index contributed by atoms with van der Waals surface area (Å²) in [4.78, 5) is 17.0. The molecule has 0 saturated heterocycles. The molecule has 1 aromatic carbocycles. The van der Waals surface area contributed by atoms with E-state index in [9.17, 15) is 18.0 Å². The van der Waals surface area contributed by atoms with Gasteiger partial charge in [0.2, 0.25) is 5.88 Å². The predicted octanol–water partition coefficient (Wildman–Crippen LogP) is 6.77. The first kappa shape index (κ1) is 28.8. The quantitative estimate of drug-likeness (QED) is 0.284. The van der Waals surface area contributed by atoms with Gasteiger partial charge in [-0.2, -0.15) is 18.3 Å². The summed E-state index contributed by atoms with van der Waals surface area (Å²) < 4.78 is 49.0. The van der Waals surface area contributed by atoms with Gasteiger partial charge in [0.1, 0.15) is 5.78 Å². The minimum atomic E-state index is -4.39. The molecule has 0 bridgehead atoms. The van der Waals surface area contributed by atoms with Crippen LogP contribution in [-0.2, 0) is 42.9 Å². The lowest BCUT2D eigenvalue weighted by Crippen LogP contribution is -2.36. The van der Waals surface area contributed by atoms with Crippen LogP contribution in [0.5, 0.6) is 5.88 Å². The summed E-state index contributed by atoms with van der Waals surface area (Å²) in [6, 6.07) is 11.1. The van der Waals surface area contributed by atoms with Crippen molar-refractivity contribution in [3.63, 3.8) is 0 Å². The van der Waals surface area contributed by atoms with E-state index in [1.807, 2.05) is 12.1 Å². The third-order valence-electron chi connectivity index (χ3n) is 7.72. The molecular weight excluding hydrogens is 503 g/mol. The number of fused-ring (bicyclic) bond motifs is 1. The van der Waals surface area contributed by atoms with Crippen LogP contribution in [0.15, 0.2) is 36.4 Å². The first-order valence-electron chi connectivity index (χ1n) is 13.6. The van der Waals surface area contributed by atoms with Gasteiger partial charge >= 0.3 is 6.18 Å². The lowest BCUT2D eigenvalue weighted by Gasteiger charge is -2.30. The first-order chi connectivity index (χ1) is 18.3. The Bertz CT molecular complexity index is 1330. The van der Waals surface area contributed by atoms with Gasteiger partial charge in [-0.25, -0.2) is 4.68 Å². The molecule has 39 heavy (non-hydrogen) atoms. The van der Waals surface area contributed by atoms with Crippen molar-refractivity contribution in [3.8, 4) is 5.88 Å². The van der Waals surface area contributed by atoms with Crippen molar-refractivity contribution < 1.29 is 22.7 Å². The highest BCUT2D eigenvalue weighted by molar-refractivity contribution is 5.76. The van der Waals surface area contributed by atoms with Crippen molar-refractivity contribution in [3.05, 3.63) is 75.7 Å². The Morgan fingerprint density at radius 3 is 2.54 bits per heavy atom. The molecule has 2 heterocycles. The average Bonchev–Trinajstić information content (AvgIpc) is 3.20. The van der Waals surface area contributed by atoms with Crippen molar-refractivity contribution in [2.75, 3.05) is 6.61 Å². The Kier molecular flexibility index (Phi) is 8.52. The smallest absolute Gasteiger partial charge is 0.397 e. The molecule has 3 aromatic rings. The lowest BCUT2D eigenvalue weighted by atomic mass is 9.79. The number of aromatic nitrogens is 3. The van der Waals surface area contributed by atoms with E-state index >= 15 is 0 Å². The summed E-state index contributed by atoms with van der Waals surface area (Å²) >= 11 is 0. The molecule has 1 aliphatic rings. The van der Waals surface area contributed by atoms with Crippen LogP contribution >= 0.6 is 0 Å². The maximum Gasteiger partial charge on any atom is 0.397 e. The molecule has 0 amide bonds. The molecular formula is C31H38F3N3O2. The Balaban J connectivity index is 1.48. The highest BCUT2D eigenvalue weighted by Crippen LogP contribution is 2.42. The highest BCUT2D eigenvalue weighted by atomic mass is 19.4. The summed E-state index contributed by atoms with van der Waals surface area (Å²) in [6.07, 6.45) is 1.47. The van der Waals surface area contributed by atoms with Crippen molar-refractivity contribution in [2.24, 2.45) is 7.05 Å². The zero-order valence-corrected chi connectivity index (χ0v) is 23.5. The standard InChI is InChI=1S/C31H38F3N3O2/c1-20-14-23(17-25(15-20)30(3,4)31(32,33)34)24(16-21(2)38)18-27-19-29(37(5)36-27)39-13-12-26-11-10-22-8-6-7-9-28(22)35-26/h10-11,14-15,17,19,24H,6-9,12-13,16,18H2,1-5H3.